The molecule has 2 nitrogen and oxygen atoms in total. The van der Waals surface area contributed by atoms with Gasteiger partial charge in [0.05, 0.1) is 5.69 Å². The Labute approximate surface area is 93.8 Å². The smallest absolute Gasteiger partial charge is 0.181 e. The molecule has 1 fully saturated rings. The topological polar surface area (TPSA) is 38.0 Å². The number of nitrogen functional groups attached to an aromatic ring is 1. The van der Waals surface area contributed by atoms with E-state index in [1.165, 1.54) is 12.1 Å². The quantitative estimate of drug-likeness (QED) is 0.758. The van der Waals surface area contributed by atoms with Crippen molar-refractivity contribution in [1.82, 2.24) is 5.32 Å². The molecule has 1 atom stereocenters. The van der Waals surface area contributed by atoms with Crippen LogP contribution in [-0.4, -0.2) is 13.1 Å². The number of benzene rings is 1. The third-order valence-corrected chi connectivity index (χ3v) is 3.04. The minimum absolute atomic E-state index is 0.0984. The second-order valence-corrected chi connectivity index (χ2v) is 4.40. The minimum Gasteiger partial charge on any atom is -0.396 e. The van der Waals surface area contributed by atoms with Gasteiger partial charge >= 0.3 is 0 Å². The number of hydrogen-bond acceptors (Lipinski definition) is 2. The highest BCUT2D eigenvalue weighted by Crippen LogP contribution is 2.21. The zero-order chi connectivity index (χ0) is 11.5. The summed E-state index contributed by atoms with van der Waals surface area (Å²) in [6, 6.07) is 2.79. The number of nitrogens with one attached hydrogen (secondary N) is 1. The van der Waals surface area contributed by atoms with E-state index < -0.39 is 11.6 Å². The SMILES string of the molecule is Nc1cc(CC2CCCNC2)cc(F)c1F. The molecule has 1 aliphatic rings. The zero-order valence-electron chi connectivity index (χ0n) is 9.10. The Hall–Kier alpha value is -1.16. The average Bonchev–Trinajstić information content (AvgIpc) is 2.27. The van der Waals surface area contributed by atoms with Gasteiger partial charge in [0.2, 0.25) is 0 Å². The van der Waals surface area contributed by atoms with E-state index in [0.29, 0.717) is 5.92 Å². The number of halogens is 2. The van der Waals surface area contributed by atoms with Gasteiger partial charge in [-0.15, -0.1) is 0 Å². The van der Waals surface area contributed by atoms with E-state index >= 15 is 0 Å². The van der Waals surface area contributed by atoms with Crippen LogP contribution in [0.3, 0.4) is 0 Å². The number of rotatable bonds is 2. The maximum absolute atomic E-state index is 13.1. The van der Waals surface area contributed by atoms with Crippen molar-refractivity contribution in [2.45, 2.75) is 19.3 Å². The number of hydrogen-bond donors (Lipinski definition) is 2. The standard InChI is InChI=1S/C12H16F2N2/c13-10-5-9(6-11(15)12(10)14)4-8-2-1-3-16-7-8/h5-6,8,16H,1-4,7,15H2. The second-order valence-electron chi connectivity index (χ2n) is 4.40. The van der Waals surface area contributed by atoms with Gasteiger partial charge in [0.15, 0.2) is 11.6 Å². The van der Waals surface area contributed by atoms with Gasteiger partial charge in [0.1, 0.15) is 0 Å². The molecule has 1 heterocycles. The normalized spacial score (nSPS) is 21.0. The van der Waals surface area contributed by atoms with Crippen LogP contribution < -0.4 is 11.1 Å². The molecule has 88 valence electrons. The van der Waals surface area contributed by atoms with Crippen molar-refractivity contribution in [3.05, 3.63) is 29.3 Å². The van der Waals surface area contributed by atoms with E-state index in [2.05, 4.69) is 5.32 Å². The van der Waals surface area contributed by atoms with Crippen LogP contribution in [0.15, 0.2) is 12.1 Å². The first-order valence-corrected chi connectivity index (χ1v) is 5.61. The Morgan fingerprint density at radius 3 is 2.81 bits per heavy atom. The fraction of sp³-hybridized carbons (Fsp3) is 0.500. The van der Waals surface area contributed by atoms with Crippen molar-refractivity contribution in [2.75, 3.05) is 18.8 Å². The first-order chi connectivity index (χ1) is 7.66. The van der Waals surface area contributed by atoms with Crippen molar-refractivity contribution >= 4 is 5.69 Å². The highest BCUT2D eigenvalue weighted by molar-refractivity contribution is 5.43. The molecule has 3 N–H and O–H groups in total. The Morgan fingerprint density at radius 2 is 2.19 bits per heavy atom. The molecule has 1 aromatic carbocycles. The van der Waals surface area contributed by atoms with E-state index in [-0.39, 0.29) is 5.69 Å². The lowest BCUT2D eigenvalue weighted by Gasteiger charge is -2.22. The molecule has 1 aromatic rings. The summed E-state index contributed by atoms with van der Waals surface area (Å²) in [6.45, 7) is 2.00. The van der Waals surface area contributed by atoms with Crippen molar-refractivity contribution in [2.24, 2.45) is 5.92 Å². The molecule has 0 aromatic heterocycles. The molecular formula is C12H16F2N2. The fourth-order valence-corrected chi connectivity index (χ4v) is 2.22. The van der Waals surface area contributed by atoms with Gasteiger partial charge in [-0.2, -0.15) is 0 Å². The fourth-order valence-electron chi connectivity index (χ4n) is 2.22. The molecule has 1 aliphatic heterocycles. The molecular weight excluding hydrogens is 210 g/mol. The van der Waals surface area contributed by atoms with Gasteiger partial charge in [-0.3, -0.25) is 0 Å². The molecule has 0 amide bonds. The Balaban J connectivity index is 2.09. The molecule has 16 heavy (non-hydrogen) atoms. The molecule has 0 radical (unpaired) electrons. The van der Waals surface area contributed by atoms with Crippen molar-refractivity contribution in [3.63, 3.8) is 0 Å². The van der Waals surface area contributed by atoms with Crippen LogP contribution in [0.4, 0.5) is 14.5 Å². The molecule has 0 bridgehead atoms. The number of nitrogens with two attached hydrogens (primary N) is 1. The van der Waals surface area contributed by atoms with Crippen molar-refractivity contribution in [1.29, 1.82) is 0 Å². The van der Waals surface area contributed by atoms with Gasteiger partial charge in [-0.25, -0.2) is 8.78 Å². The van der Waals surface area contributed by atoms with Gasteiger partial charge in [-0.05, 0) is 56.0 Å². The van der Waals surface area contributed by atoms with Crippen molar-refractivity contribution in [3.8, 4) is 0 Å². The predicted molar refractivity (Wildman–Crippen MR) is 60.1 cm³/mol. The van der Waals surface area contributed by atoms with Crippen LogP contribution in [0.25, 0.3) is 0 Å². The summed E-state index contributed by atoms with van der Waals surface area (Å²) < 4.78 is 26.1. The van der Waals surface area contributed by atoms with Crippen LogP contribution in [0.2, 0.25) is 0 Å². The Kier molecular flexibility index (Phi) is 3.39. The number of piperidine rings is 1. The lowest BCUT2D eigenvalue weighted by Crippen LogP contribution is -2.30. The van der Waals surface area contributed by atoms with Gasteiger partial charge in [-0.1, -0.05) is 0 Å². The maximum atomic E-state index is 13.1. The average molecular weight is 226 g/mol. The van der Waals surface area contributed by atoms with Crippen LogP contribution >= 0.6 is 0 Å². The lowest BCUT2D eigenvalue weighted by atomic mass is 9.92. The van der Waals surface area contributed by atoms with E-state index in [4.69, 9.17) is 5.73 Å². The third-order valence-electron chi connectivity index (χ3n) is 3.04. The predicted octanol–water partition coefficient (Wildman–Crippen LogP) is 2.09. The minimum atomic E-state index is -0.939. The second kappa shape index (κ2) is 4.78. The first kappa shape index (κ1) is 11.3. The van der Waals surface area contributed by atoms with E-state index in [1.807, 2.05) is 0 Å². The molecule has 4 heteroatoms. The summed E-state index contributed by atoms with van der Waals surface area (Å²) in [5.41, 5.74) is 6.08. The van der Waals surface area contributed by atoms with Crippen LogP contribution in [0.5, 0.6) is 0 Å². The monoisotopic (exact) mass is 226 g/mol. The largest absolute Gasteiger partial charge is 0.396 e. The summed E-state index contributed by atoms with van der Waals surface area (Å²) >= 11 is 0. The summed E-state index contributed by atoms with van der Waals surface area (Å²) in [6.07, 6.45) is 3.03. The molecule has 1 unspecified atom stereocenters. The van der Waals surface area contributed by atoms with Gasteiger partial charge < -0.3 is 11.1 Å². The highest BCUT2D eigenvalue weighted by Gasteiger charge is 2.15. The van der Waals surface area contributed by atoms with Crippen molar-refractivity contribution < 1.29 is 8.78 Å². The summed E-state index contributed by atoms with van der Waals surface area (Å²) in [5, 5.41) is 3.30. The number of anilines is 1. The molecule has 0 aliphatic carbocycles. The van der Waals surface area contributed by atoms with Crippen LogP contribution in [0, 0.1) is 17.6 Å². The molecule has 2 rings (SSSR count). The maximum Gasteiger partial charge on any atom is 0.181 e. The molecule has 1 saturated heterocycles. The van der Waals surface area contributed by atoms with E-state index in [1.54, 1.807) is 0 Å². The summed E-state index contributed by atoms with van der Waals surface area (Å²) in [7, 11) is 0. The summed E-state index contributed by atoms with van der Waals surface area (Å²) in [4.78, 5) is 0. The third kappa shape index (κ3) is 2.50. The Bertz CT molecular complexity index is 350. The Morgan fingerprint density at radius 1 is 1.38 bits per heavy atom. The van der Waals surface area contributed by atoms with E-state index in [9.17, 15) is 8.78 Å². The van der Waals surface area contributed by atoms with Gasteiger partial charge in [0, 0.05) is 0 Å². The van der Waals surface area contributed by atoms with Crippen LogP contribution in [-0.2, 0) is 6.42 Å². The van der Waals surface area contributed by atoms with Crippen LogP contribution in [0.1, 0.15) is 18.4 Å². The first-order valence-electron chi connectivity index (χ1n) is 5.61. The molecule has 0 spiro atoms. The molecule has 0 saturated carbocycles. The highest BCUT2D eigenvalue weighted by atomic mass is 19.2. The zero-order valence-corrected chi connectivity index (χ0v) is 9.10. The summed E-state index contributed by atoms with van der Waals surface area (Å²) in [5.74, 6) is -1.29. The van der Waals surface area contributed by atoms with E-state index in [0.717, 1.165) is 37.9 Å². The lowest BCUT2D eigenvalue weighted by molar-refractivity contribution is 0.375. The van der Waals surface area contributed by atoms with Gasteiger partial charge in [0.25, 0.3) is 0 Å².